The Kier molecular flexibility index (Phi) is 3.82. The highest BCUT2D eigenvalue weighted by atomic mass is 16.5. The van der Waals surface area contributed by atoms with Crippen LogP contribution in [-0.4, -0.2) is 17.9 Å². The molecule has 4 rings (SSSR count). The number of rotatable bonds is 3. The molecule has 0 aromatic heterocycles. The van der Waals surface area contributed by atoms with E-state index >= 15 is 0 Å². The quantitative estimate of drug-likeness (QED) is 0.601. The zero-order chi connectivity index (χ0) is 17.8. The van der Waals surface area contributed by atoms with Gasteiger partial charge in [-0.2, -0.15) is 0 Å². The van der Waals surface area contributed by atoms with Gasteiger partial charge in [0, 0.05) is 17.8 Å². The Balaban J connectivity index is 1.54. The Morgan fingerprint density at radius 3 is 2.44 bits per heavy atom. The third-order valence-electron chi connectivity index (χ3n) is 7.91. The standard InChI is InChI=1S/C22H28O3/c1-21(2)15-11-12-22(21,3)18(13-15)25-20(24)19-16(9-10-17(19)23)14-7-5-4-6-8-14/h4-8,15-16,18-19H,9-13H2,1-3H3/t15-,16+,18-,19?,22+/m1/s1. The first kappa shape index (κ1) is 16.8. The number of fused-ring (bicyclic) bond motifs is 2. The minimum absolute atomic E-state index is 0.0272. The van der Waals surface area contributed by atoms with Gasteiger partial charge in [0.25, 0.3) is 0 Å². The first-order valence-corrected chi connectivity index (χ1v) is 9.63. The molecule has 0 N–H and O–H groups in total. The van der Waals surface area contributed by atoms with Gasteiger partial charge in [-0.3, -0.25) is 9.59 Å². The molecule has 1 unspecified atom stereocenters. The van der Waals surface area contributed by atoms with Crippen LogP contribution in [0.5, 0.6) is 0 Å². The van der Waals surface area contributed by atoms with Gasteiger partial charge in [0.2, 0.25) is 0 Å². The molecule has 0 spiro atoms. The zero-order valence-corrected chi connectivity index (χ0v) is 15.5. The third kappa shape index (κ3) is 2.38. The van der Waals surface area contributed by atoms with Crippen molar-refractivity contribution in [3.8, 4) is 0 Å². The number of esters is 1. The molecule has 0 radical (unpaired) electrons. The maximum atomic E-state index is 13.0. The van der Waals surface area contributed by atoms with Crippen LogP contribution in [0.3, 0.4) is 0 Å². The summed E-state index contributed by atoms with van der Waals surface area (Å²) in [5.41, 5.74) is 1.32. The van der Waals surface area contributed by atoms with Gasteiger partial charge in [-0.1, -0.05) is 51.1 Å². The van der Waals surface area contributed by atoms with E-state index in [1.807, 2.05) is 30.3 Å². The number of ketones is 1. The minimum atomic E-state index is -0.617. The Labute approximate surface area is 150 Å². The lowest BCUT2D eigenvalue weighted by atomic mass is 9.70. The molecule has 3 saturated carbocycles. The molecule has 5 atom stereocenters. The SMILES string of the molecule is CC1(C)[C@@H]2CC[C@@]1(C)[C@H](OC(=O)C1C(=O)CC[C@H]1c1ccccc1)C2. The molecule has 0 aliphatic heterocycles. The second kappa shape index (κ2) is 5.69. The molecular weight excluding hydrogens is 312 g/mol. The lowest BCUT2D eigenvalue weighted by Gasteiger charge is -2.38. The summed E-state index contributed by atoms with van der Waals surface area (Å²) in [4.78, 5) is 25.4. The normalized spacial score (nSPS) is 38.9. The highest BCUT2D eigenvalue weighted by molar-refractivity contribution is 6.01. The Morgan fingerprint density at radius 1 is 1.12 bits per heavy atom. The molecule has 3 aliphatic carbocycles. The summed E-state index contributed by atoms with van der Waals surface area (Å²) in [5.74, 6) is -0.259. The van der Waals surface area contributed by atoms with Crippen LogP contribution in [0.1, 0.15) is 64.4 Å². The van der Waals surface area contributed by atoms with E-state index in [1.165, 1.54) is 6.42 Å². The van der Waals surface area contributed by atoms with Crippen LogP contribution in [0.15, 0.2) is 30.3 Å². The number of hydrogen-bond donors (Lipinski definition) is 0. The van der Waals surface area contributed by atoms with Crippen molar-refractivity contribution in [2.24, 2.45) is 22.7 Å². The van der Waals surface area contributed by atoms with E-state index in [1.54, 1.807) is 0 Å². The van der Waals surface area contributed by atoms with Crippen molar-refractivity contribution in [1.82, 2.24) is 0 Å². The van der Waals surface area contributed by atoms with Crippen molar-refractivity contribution >= 4 is 11.8 Å². The summed E-state index contributed by atoms with van der Waals surface area (Å²) in [6, 6.07) is 9.95. The second-order valence-electron chi connectivity index (χ2n) is 9.04. The van der Waals surface area contributed by atoms with Crippen LogP contribution in [0.4, 0.5) is 0 Å². The van der Waals surface area contributed by atoms with E-state index in [-0.39, 0.29) is 34.6 Å². The summed E-state index contributed by atoms with van der Waals surface area (Å²) in [6.45, 7) is 6.89. The van der Waals surface area contributed by atoms with Gasteiger partial charge < -0.3 is 4.74 Å². The topological polar surface area (TPSA) is 43.4 Å². The maximum Gasteiger partial charge on any atom is 0.317 e. The molecule has 1 aromatic carbocycles. The van der Waals surface area contributed by atoms with E-state index in [9.17, 15) is 9.59 Å². The monoisotopic (exact) mass is 340 g/mol. The summed E-state index contributed by atoms with van der Waals surface area (Å²) in [5, 5.41) is 0. The first-order chi connectivity index (χ1) is 11.8. The van der Waals surface area contributed by atoms with E-state index in [2.05, 4.69) is 20.8 Å². The van der Waals surface area contributed by atoms with Crippen molar-refractivity contribution in [1.29, 1.82) is 0 Å². The zero-order valence-electron chi connectivity index (χ0n) is 15.5. The highest BCUT2D eigenvalue weighted by Crippen LogP contribution is 2.66. The molecule has 3 fully saturated rings. The summed E-state index contributed by atoms with van der Waals surface area (Å²) in [7, 11) is 0. The van der Waals surface area contributed by atoms with Gasteiger partial charge in [0.05, 0.1) is 0 Å². The Morgan fingerprint density at radius 2 is 1.84 bits per heavy atom. The molecule has 0 saturated heterocycles. The molecular formula is C22H28O3. The predicted octanol–water partition coefficient (Wildman–Crippen LogP) is 4.51. The van der Waals surface area contributed by atoms with E-state index < -0.39 is 5.92 Å². The number of carbonyl (C=O) groups is 2. The highest BCUT2D eigenvalue weighted by Gasteiger charge is 2.63. The summed E-state index contributed by atoms with van der Waals surface area (Å²) >= 11 is 0. The Hall–Kier alpha value is -1.64. The predicted molar refractivity (Wildman–Crippen MR) is 96.0 cm³/mol. The molecule has 2 bridgehead atoms. The van der Waals surface area contributed by atoms with Crippen molar-refractivity contribution in [2.45, 2.75) is 64.9 Å². The molecule has 25 heavy (non-hydrogen) atoms. The van der Waals surface area contributed by atoms with Gasteiger partial charge in [0.15, 0.2) is 0 Å². The molecule has 3 nitrogen and oxygen atoms in total. The average Bonchev–Trinajstić information content (AvgIpc) is 3.14. The number of carbonyl (C=O) groups excluding carboxylic acids is 2. The van der Waals surface area contributed by atoms with Gasteiger partial charge in [-0.15, -0.1) is 0 Å². The van der Waals surface area contributed by atoms with Crippen molar-refractivity contribution in [3.05, 3.63) is 35.9 Å². The summed E-state index contributed by atoms with van der Waals surface area (Å²) < 4.78 is 6.03. The lowest BCUT2D eigenvalue weighted by Crippen LogP contribution is -2.40. The van der Waals surface area contributed by atoms with Crippen LogP contribution >= 0.6 is 0 Å². The smallest absolute Gasteiger partial charge is 0.317 e. The number of Topliss-reactive ketones (excluding diaryl/α,β-unsaturated/α-hetero) is 1. The van der Waals surface area contributed by atoms with Crippen molar-refractivity contribution in [3.63, 3.8) is 0 Å². The molecule has 134 valence electrons. The van der Waals surface area contributed by atoms with Crippen molar-refractivity contribution in [2.75, 3.05) is 0 Å². The lowest BCUT2D eigenvalue weighted by molar-refractivity contribution is -0.163. The van der Waals surface area contributed by atoms with Gasteiger partial charge in [-0.25, -0.2) is 0 Å². The largest absolute Gasteiger partial charge is 0.461 e. The molecule has 0 amide bonds. The first-order valence-electron chi connectivity index (χ1n) is 9.63. The minimum Gasteiger partial charge on any atom is -0.461 e. The van der Waals surface area contributed by atoms with E-state index in [0.717, 1.165) is 24.8 Å². The second-order valence-corrected chi connectivity index (χ2v) is 9.04. The van der Waals surface area contributed by atoms with E-state index in [4.69, 9.17) is 4.74 Å². The van der Waals surface area contributed by atoms with Crippen LogP contribution in [0.25, 0.3) is 0 Å². The maximum absolute atomic E-state index is 13.0. The fourth-order valence-electron chi connectivity index (χ4n) is 5.72. The Bertz CT molecular complexity index is 692. The average molecular weight is 340 g/mol. The molecule has 3 heteroatoms. The van der Waals surface area contributed by atoms with Crippen LogP contribution in [-0.2, 0) is 14.3 Å². The van der Waals surface area contributed by atoms with Gasteiger partial charge in [0.1, 0.15) is 17.8 Å². The van der Waals surface area contributed by atoms with E-state index in [0.29, 0.717) is 12.3 Å². The fourth-order valence-corrected chi connectivity index (χ4v) is 5.72. The van der Waals surface area contributed by atoms with Crippen molar-refractivity contribution < 1.29 is 14.3 Å². The van der Waals surface area contributed by atoms with Crippen LogP contribution in [0.2, 0.25) is 0 Å². The fraction of sp³-hybridized carbons (Fsp3) is 0.636. The van der Waals surface area contributed by atoms with Gasteiger partial charge in [-0.05, 0) is 42.6 Å². The number of hydrogen-bond acceptors (Lipinski definition) is 3. The third-order valence-corrected chi connectivity index (χ3v) is 7.91. The van der Waals surface area contributed by atoms with Crippen LogP contribution < -0.4 is 0 Å². The molecule has 0 heterocycles. The number of benzene rings is 1. The van der Waals surface area contributed by atoms with Crippen LogP contribution in [0, 0.1) is 22.7 Å². The van der Waals surface area contributed by atoms with Gasteiger partial charge >= 0.3 is 5.97 Å². The molecule has 3 aliphatic rings. The summed E-state index contributed by atoms with van der Waals surface area (Å²) in [6.07, 6.45) is 4.48. The number of ether oxygens (including phenoxy) is 1. The molecule has 1 aromatic rings.